The zero-order valence-corrected chi connectivity index (χ0v) is 15.1. The molecule has 0 aliphatic rings. The van der Waals surface area contributed by atoms with E-state index in [1.165, 1.54) is 7.11 Å². The first-order valence-corrected chi connectivity index (χ1v) is 8.05. The van der Waals surface area contributed by atoms with Crippen molar-refractivity contribution in [2.24, 2.45) is 0 Å². The van der Waals surface area contributed by atoms with Gasteiger partial charge in [-0.05, 0) is 32.8 Å². The fraction of sp³-hybridized carbons (Fsp3) is 0.500. The molecule has 0 fully saturated rings. The first-order valence-electron chi connectivity index (χ1n) is 8.05. The van der Waals surface area contributed by atoms with Crippen molar-refractivity contribution in [3.05, 3.63) is 35.9 Å². The summed E-state index contributed by atoms with van der Waals surface area (Å²) in [7, 11) is 1.25. The fourth-order valence-electron chi connectivity index (χ4n) is 2.05. The summed E-state index contributed by atoms with van der Waals surface area (Å²) < 4.78 is 9.73. The topological polar surface area (TPSA) is 93.7 Å². The SMILES string of the molecule is COC(=O)CNC(=O)C(Cc1ccccc1)NCC(=O)OC(C)(C)C. The maximum atomic E-state index is 12.3. The van der Waals surface area contributed by atoms with Crippen molar-refractivity contribution >= 4 is 17.8 Å². The molecule has 0 aliphatic carbocycles. The second kappa shape index (κ2) is 9.78. The van der Waals surface area contributed by atoms with Crippen LogP contribution in [0.2, 0.25) is 0 Å². The van der Waals surface area contributed by atoms with Crippen LogP contribution in [0, 0.1) is 0 Å². The predicted molar refractivity (Wildman–Crippen MR) is 92.8 cm³/mol. The third kappa shape index (κ3) is 8.85. The lowest BCUT2D eigenvalue weighted by Gasteiger charge is -2.22. The lowest BCUT2D eigenvalue weighted by Crippen LogP contribution is -2.49. The minimum absolute atomic E-state index is 0.111. The zero-order chi connectivity index (χ0) is 18.9. The van der Waals surface area contributed by atoms with E-state index in [4.69, 9.17) is 4.74 Å². The Hall–Kier alpha value is -2.41. The van der Waals surface area contributed by atoms with E-state index in [9.17, 15) is 14.4 Å². The number of rotatable bonds is 8. The summed E-state index contributed by atoms with van der Waals surface area (Å²) in [5, 5.41) is 5.39. The molecular weight excluding hydrogens is 324 g/mol. The van der Waals surface area contributed by atoms with Crippen molar-refractivity contribution in [2.45, 2.75) is 38.8 Å². The molecule has 1 atom stereocenters. The molecule has 1 aromatic rings. The first-order chi connectivity index (χ1) is 11.7. The molecule has 7 heteroatoms. The van der Waals surface area contributed by atoms with E-state index in [1.807, 2.05) is 30.3 Å². The number of esters is 2. The number of hydrogen-bond donors (Lipinski definition) is 2. The van der Waals surface area contributed by atoms with Crippen LogP contribution in [0.15, 0.2) is 30.3 Å². The number of benzene rings is 1. The van der Waals surface area contributed by atoms with Crippen molar-refractivity contribution in [1.29, 1.82) is 0 Å². The smallest absolute Gasteiger partial charge is 0.325 e. The van der Waals surface area contributed by atoms with Crippen LogP contribution in [0.25, 0.3) is 0 Å². The maximum Gasteiger partial charge on any atom is 0.325 e. The molecule has 0 saturated carbocycles. The number of methoxy groups -OCH3 is 1. The minimum Gasteiger partial charge on any atom is -0.468 e. The van der Waals surface area contributed by atoms with Gasteiger partial charge >= 0.3 is 11.9 Å². The summed E-state index contributed by atoms with van der Waals surface area (Å²) in [4.78, 5) is 35.4. The molecule has 0 aliphatic heterocycles. The highest BCUT2D eigenvalue weighted by atomic mass is 16.6. The Morgan fingerprint density at radius 2 is 1.68 bits per heavy atom. The van der Waals surface area contributed by atoms with Crippen molar-refractivity contribution < 1.29 is 23.9 Å². The normalized spacial score (nSPS) is 12.2. The number of ether oxygens (including phenoxy) is 2. The molecule has 1 aromatic carbocycles. The zero-order valence-electron chi connectivity index (χ0n) is 15.1. The molecule has 0 bridgehead atoms. The van der Waals surface area contributed by atoms with Crippen molar-refractivity contribution in [3.63, 3.8) is 0 Å². The van der Waals surface area contributed by atoms with Gasteiger partial charge < -0.3 is 14.8 Å². The summed E-state index contributed by atoms with van der Waals surface area (Å²) in [6, 6.07) is 8.70. The Morgan fingerprint density at radius 1 is 1.04 bits per heavy atom. The van der Waals surface area contributed by atoms with Gasteiger partial charge in [-0.3, -0.25) is 19.7 Å². The Balaban J connectivity index is 2.68. The van der Waals surface area contributed by atoms with Gasteiger partial charge in [0.05, 0.1) is 19.7 Å². The number of hydrogen-bond acceptors (Lipinski definition) is 6. The van der Waals surface area contributed by atoms with Crippen LogP contribution >= 0.6 is 0 Å². The average Bonchev–Trinajstić information content (AvgIpc) is 2.55. The van der Waals surface area contributed by atoms with Crippen molar-refractivity contribution in [1.82, 2.24) is 10.6 Å². The van der Waals surface area contributed by atoms with Crippen LogP contribution in [0.5, 0.6) is 0 Å². The molecule has 2 N–H and O–H groups in total. The summed E-state index contributed by atoms with van der Waals surface area (Å²) in [6.07, 6.45) is 0.372. The van der Waals surface area contributed by atoms with Gasteiger partial charge in [0.2, 0.25) is 5.91 Å². The van der Waals surface area contributed by atoms with Crippen LogP contribution in [0.4, 0.5) is 0 Å². The van der Waals surface area contributed by atoms with Crippen LogP contribution in [0.3, 0.4) is 0 Å². The van der Waals surface area contributed by atoms with Crippen LogP contribution < -0.4 is 10.6 Å². The highest BCUT2D eigenvalue weighted by Crippen LogP contribution is 2.07. The third-order valence-corrected chi connectivity index (χ3v) is 3.15. The average molecular weight is 350 g/mol. The van der Waals surface area contributed by atoms with Gasteiger partial charge in [-0.15, -0.1) is 0 Å². The van der Waals surface area contributed by atoms with E-state index in [1.54, 1.807) is 20.8 Å². The first kappa shape index (κ1) is 20.6. The van der Waals surface area contributed by atoms with Crippen molar-refractivity contribution in [3.8, 4) is 0 Å². The van der Waals surface area contributed by atoms with Crippen molar-refractivity contribution in [2.75, 3.05) is 20.2 Å². The van der Waals surface area contributed by atoms with Gasteiger partial charge in [0.15, 0.2) is 0 Å². The molecule has 1 rings (SSSR count). The minimum atomic E-state index is -0.681. The van der Waals surface area contributed by atoms with Gasteiger partial charge in [-0.25, -0.2) is 0 Å². The molecule has 1 amide bonds. The van der Waals surface area contributed by atoms with Gasteiger partial charge in [-0.2, -0.15) is 0 Å². The Labute approximate surface area is 148 Å². The van der Waals surface area contributed by atoms with Gasteiger partial charge in [0.1, 0.15) is 12.1 Å². The van der Waals surface area contributed by atoms with E-state index in [0.29, 0.717) is 6.42 Å². The number of nitrogens with one attached hydrogen (secondary N) is 2. The number of carbonyl (C=O) groups excluding carboxylic acids is 3. The molecule has 1 unspecified atom stereocenters. The Morgan fingerprint density at radius 3 is 2.24 bits per heavy atom. The second-order valence-electron chi connectivity index (χ2n) is 6.50. The van der Waals surface area contributed by atoms with E-state index in [2.05, 4.69) is 15.4 Å². The van der Waals surface area contributed by atoms with E-state index < -0.39 is 29.5 Å². The standard InChI is InChI=1S/C18H26N2O5/c1-18(2,3)25-16(22)12-19-14(10-13-8-6-5-7-9-13)17(23)20-11-15(21)24-4/h5-9,14,19H,10-12H2,1-4H3,(H,20,23). The van der Waals surface area contributed by atoms with Gasteiger partial charge in [0.25, 0.3) is 0 Å². The second-order valence-corrected chi connectivity index (χ2v) is 6.50. The molecule has 0 saturated heterocycles. The highest BCUT2D eigenvalue weighted by Gasteiger charge is 2.22. The van der Waals surface area contributed by atoms with Crippen LogP contribution in [-0.4, -0.2) is 49.7 Å². The quantitative estimate of drug-likeness (QED) is 0.674. The highest BCUT2D eigenvalue weighted by molar-refractivity contribution is 5.86. The Bertz CT molecular complexity index is 581. The van der Waals surface area contributed by atoms with Crippen LogP contribution in [0.1, 0.15) is 26.3 Å². The summed E-state index contributed by atoms with van der Waals surface area (Å²) in [6.45, 7) is 4.98. The molecule has 0 spiro atoms. The fourth-order valence-corrected chi connectivity index (χ4v) is 2.05. The molecule has 0 radical (unpaired) electrons. The number of carbonyl (C=O) groups is 3. The molecule has 25 heavy (non-hydrogen) atoms. The van der Waals surface area contributed by atoms with E-state index in [0.717, 1.165) is 5.56 Å². The summed E-state index contributed by atoms with van der Waals surface area (Å²) in [5.74, 6) is -1.39. The summed E-state index contributed by atoms with van der Waals surface area (Å²) in [5.41, 5.74) is 0.332. The lowest BCUT2D eigenvalue weighted by atomic mass is 10.1. The maximum absolute atomic E-state index is 12.3. The van der Waals surface area contributed by atoms with Gasteiger partial charge in [-0.1, -0.05) is 30.3 Å². The molecule has 138 valence electrons. The monoisotopic (exact) mass is 350 g/mol. The summed E-state index contributed by atoms with van der Waals surface area (Å²) >= 11 is 0. The van der Waals surface area contributed by atoms with E-state index >= 15 is 0 Å². The van der Waals surface area contributed by atoms with Crippen LogP contribution in [-0.2, 0) is 30.3 Å². The molecular formula is C18H26N2O5. The Kier molecular flexibility index (Phi) is 8.07. The predicted octanol–water partition coefficient (Wildman–Crippen LogP) is 0.818. The lowest BCUT2D eigenvalue weighted by molar-refractivity contribution is -0.153. The molecule has 0 heterocycles. The largest absolute Gasteiger partial charge is 0.468 e. The van der Waals surface area contributed by atoms with Gasteiger partial charge in [0, 0.05) is 0 Å². The van der Waals surface area contributed by atoms with E-state index in [-0.39, 0.29) is 13.1 Å². The number of amides is 1. The third-order valence-electron chi connectivity index (χ3n) is 3.15. The molecule has 7 nitrogen and oxygen atoms in total. The molecule has 0 aromatic heterocycles.